The molecule has 1 aliphatic carbocycles. The predicted octanol–water partition coefficient (Wildman–Crippen LogP) is 4.72. The maximum absolute atomic E-state index is 12.4. The maximum atomic E-state index is 12.4. The molecule has 0 fully saturated rings. The first kappa shape index (κ1) is 15.3. The molecule has 1 atom stereocenters. The predicted molar refractivity (Wildman–Crippen MR) is 92.0 cm³/mol. The van der Waals surface area contributed by atoms with Crippen LogP contribution in [0.1, 0.15) is 34.7 Å². The van der Waals surface area contributed by atoms with Crippen LogP contribution in [0.3, 0.4) is 0 Å². The lowest BCUT2D eigenvalue weighted by Crippen LogP contribution is -2.32. The number of carbonyl (C=O) groups excluding carboxylic acids is 1. The van der Waals surface area contributed by atoms with Crippen LogP contribution in [0.25, 0.3) is 6.08 Å². The molecule has 3 nitrogen and oxygen atoms in total. The van der Waals surface area contributed by atoms with Crippen molar-refractivity contribution in [2.24, 2.45) is 0 Å². The molecular formula is C20H21NO2. The third kappa shape index (κ3) is 3.45. The summed E-state index contributed by atoms with van der Waals surface area (Å²) in [5.74, 6) is 0. The number of hydrogen-bond acceptors (Lipinski definition) is 2. The summed E-state index contributed by atoms with van der Waals surface area (Å²) in [6.07, 6.45) is 4.77. The van der Waals surface area contributed by atoms with Crippen molar-refractivity contribution < 1.29 is 9.53 Å². The number of benzene rings is 2. The number of aryl methyl sites for hydroxylation is 1. The van der Waals surface area contributed by atoms with Gasteiger partial charge in [0.1, 0.15) is 6.61 Å². The Hall–Kier alpha value is -2.55. The Labute approximate surface area is 137 Å². The van der Waals surface area contributed by atoms with Gasteiger partial charge in [-0.3, -0.25) is 0 Å². The molecule has 2 aromatic rings. The number of fused-ring (bicyclic) bond motifs is 1. The fourth-order valence-corrected chi connectivity index (χ4v) is 2.91. The van der Waals surface area contributed by atoms with Gasteiger partial charge >= 0.3 is 6.09 Å². The van der Waals surface area contributed by atoms with Crippen molar-refractivity contribution in [2.75, 3.05) is 7.05 Å². The molecule has 1 amide bonds. The SMILES string of the molecule is Cc1ccc2c(c1)C=CCC2N(C)C(=O)OCc1ccccc1. The summed E-state index contributed by atoms with van der Waals surface area (Å²) >= 11 is 0. The zero-order valence-corrected chi connectivity index (χ0v) is 13.5. The zero-order valence-electron chi connectivity index (χ0n) is 13.5. The summed E-state index contributed by atoms with van der Waals surface area (Å²) < 4.78 is 5.44. The second-order valence-corrected chi connectivity index (χ2v) is 5.94. The van der Waals surface area contributed by atoms with E-state index in [0.29, 0.717) is 6.61 Å². The second kappa shape index (κ2) is 6.69. The van der Waals surface area contributed by atoms with Crippen molar-refractivity contribution in [3.05, 3.63) is 76.9 Å². The first-order valence-corrected chi connectivity index (χ1v) is 7.86. The molecule has 0 spiro atoms. The monoisotopic (exact) mass is 307 g/mol. The number of ether oxygens (including phenoxy) is 1. The maximum Gasteiger partial charge on any atom is 0.410 e. The van der Waals surface area contributed by atoms with Gasteiger partial charge in [0.25, 0.3) is 0 Å². The highest BCUT2D eigenvalue weighted by Crippen LogP contribution is 2.32. The van der Waals surface area contributed by atoms with Crippen LogP contribution in [0.4, 0.5) is 4.79 Å². The van der Waals surface area contributed by atoms with Gasteiger partial charge < -0.3 is 9.64 Å². The molecule has 0 bridgehead atoms. The van der Waals surface area contributed by atoms with Crippen molar-refractivity contribution >= 4 is 12.2 Å². The first-order chi connectivity index (χ1) is 11.1. The Morgan fingerprint density at radius 1 is 1.22 bits per heavy atom. The summed E-state index contributed by atoms with van der Waals surface area (Å²) in [7, 11) is 1.81. The second-order valence-electron chi connectivity index (χ2n) is 5.94. The Bertz CT molecular complexity index is 722. The highest BCUT2D eigenvalue weighted by Gasteiger charge is 2.25. The Balaban J connectivity index is 1.70. The molecule has 0 saturated carbocycles. The van der Waals surface area contributed by atoms with Gasteiger partial charge in [-0.2, -0.15) is 0 Å². The molecule has 2 aromatic carbocycles. The van der Waals surface area contributed by atoms with E-state index in [1.165, 1.54) is 16.7 Å². The Morgan fingerprint density at radius 3 is 2.78 bits per heavy atom. The number of amides is 1. The molecule has 23 heavy (non-hydrogen) atoms. The molecular weight excluding hydrogens is 286 g/mol. The minimum atomic E-state index is -0.291. The Morgan fingerprint density at radius 2 is 2.00 bits per heavy atom. The molecule has 0 aliphatic heterocycles. The number of nitrogens with zero attached hydrogens (tertiary/aromatic N) is 1. The van der Waals surface area contributed by atoms with Crippen LogP contribution in [-0.2, 0) is 11.3 Å². The molecule has 118 valence electrons. The Kier molecular flexibility index (Phi) is 4.47. The van der Waals surface area contributed by atoms with E-state index in [4.69, 9.17) is 4.74 Å². The first-order valence-electron chi connectivity index (χ1n) is 7.86. The van der Waals surface area contributed by atoms with Crippen molar-refractivity contribution in [1.82, 2.24) is 4.90 Å². The van der Waals surface area contributed by atoms with Crippen LogP contribution < -0.4 is 0 Å². The topological polar surface area (TPSA) is 29.5 Å². The molecule has 0 saturated heterocycles. The fraction of sp³-hybridized carbons (Fsp3) is 0.250. The summed E-state index contributed by atoms with van der Waals surface area (Å²) in [5.41, 5.74) is 4.58. The molecule has 1 aliphatic rings. The summed E-state index contributed by atoms with van der Waals surface area (Å²) in [4.78, 5) is 14.1. The van der Waals surface area contributed by atoms with E-state index in [1.807, 2.05) is 30.3 Å². The van der Waals surface area contributed by atoms with E-state index in [9.17, 15) is 4.79 Å². The van der Waals surface area contributed by atoms with Crippen LogP contribution >= 0.6 is 0 Å². The highest BCUT2D eigenvalue weighted by atomic mass is 16.6. The van der Waals surface area contributed by atoms with Crippen molar-refractivity contribution in [3.8, 4) is 0 Å². The molecule has 3 rings (SSSR count). The third-order valence-electron chi connectivity index (χ3n) is 4.22. The van der Waals surface area contributed by atoms with Crippen LogP contribution in [0.2, 0.25) is 0 Å². The molecule has 1 unspecified atom stereocenters. The van der Waals surface area contributed by atoms with E-state index in [-0.39, 0.29) is 12.1 Å². The smallest absolute Gasteiger partial charge is 0.410 e. The minimum absolute atomic E-state index is 0.0267. The minimum Gasteiger partial charge on any atom is -0.445 e. The lowest BCUT2D eigenvalue weighted by molar-refractivity contribution is 0.0909. The van der Waals surface area contributed by atoms with Crippen LogP contribution in [-0.4, -0.2) is 18.0 Å². The molecule has 0 radical (unpaired) electrons. The standard InChI is InChI=1S/C20H21NO2/c1-15-11-12-18-17(13-15)9-6-10-19(18)21(2)20(22)23-14-16-7-4-3-5-8-16/h3-9,11-13,19H,10,14H2,1-2H3. The highest BCUT2D eigenvalue weighted by molar-refractivity contribution is 5.69. The fourth-order valence-electron chi connectivity index (χ4n) is 2.91. The van der Waals surface area contributed by atoms with Crippen LogP contribution in [0, 0.1) is 6.92 Å². The van der Waals surface area contributed by atoms with Crippen LogP contribution in [0.5, 0.6) is 0 Å². The largest absolute Gasteiger partial charge is 0.445 e. The normalized spacial score (nSPS) is 15.8. The number of rotatable bonds is 3. The molecule has 0 aromatic heterocycles. The zero-order chi connectivity index (χ0) is 16.2. The van der Waals surface area contributed by atoms with E-state index < -0.39 is 0 Å². The van der Waals surface area contributed by atoms with Gasteiger partial charge in [-0.15, -0.1) is 0 Å². The van der Waals surface area contributed by atoms with Gasteiger partial charge in [-0.1, -0.05) is 66.2 Å². The number of carbonyl (C=O) groups is 1. The number of hydrogen-bond donors (Lipinski definition) is 0. The molecule has 0 heterocycles. The summed E-state index contributed by atoms with van der Waals surface area (Å²) in [5, 5.41) is 0. The van der Waals surface area contributed by atoms with Crippen molar-refractivity contribution in [1.29, 1.82) is 0 Å². The summed E-state index contributed by atoms with van der Waals surface area (Å²) in [6, 6.07) is 16.1. The van der Waals surface area contributed by atoms with Crippen molar-refractivity contribution in [2.45, 2.75) is 26.0 Å². The average Bonchev–Trinajstić information content (AvgIpc) is 2.59. The van der Waals surface area contributed by atoms with Gasteiger partial charge in [0.05, 0.1) is 6.04 Å². The van der Waals surface area contributed by atoms with Gasteiger partial charge in [-0.25, -0.2) is 4.79 Å². The average molecular weight is 307 g/mol. The van der Waals surface area contributed by atoms with Crippen LogP contribution in [0.15, 0.2) is 54.6 Å². The van der Waals surface area contributed by atoms with E-state index in [1.54, 1.807) is 11.9 Å². The molecule has 0 N–H and O–H groups in total. The van der Waals surface area contributed by atoms with Gasteiger partial charge in [0.15, 0.2) is 0 Å². The van der Waals surface area contributed by atoms with E-state index >= 15 is 0 Å². The lowest BCUT2D eigenvalue weighted by atomic mass is 9.91. The van der Waals surface area contributed by atoms with E-state index in [2.05, 4.69) is 37.3 Å². The van der Waals surface area contributed by atoms with Crippen molar-refractivity contribution in [3.63, 3.8) is 0 Å². The van der Waals surface area contributed by atoms with E-state index in [0.717, 1.165) is 12.0 Å². The quantitative estimate of drug-likeness (QED) is 0.821. The van der Waals surface area contributed by atoms with Gasteiger partial charge in [0.2, 0.25) is 0 Å². The summed E-state index contributed by atoms with van der Waals surface area (Å²) in [6.45, 7) is 2.38. The van der Waals surface area contributed by atoms with Gasteiger partial charge in [0, 0.05) is 7.05 Å². The van der Waals surface area contributed by atoms with Gasteiger partial charge in [-0.05, 0) is 30.0 Å². The lowest BCUT2D eigenvalue weighted by Gasteiger charge is -2.30. The molecule has 3 heteroatoms. The third-order valence-corrected chi connectivity index (χ3v) is 4.22.